The lowest BCUT2D eigenvalue weighted by atomic mass is 10.3. The van der Waals surface area contributed by atoms with E-state index in [-0.39, 0.29) is 10.6 Å². The quantitative estimate of drug-likeness (QED) is 0.660. The second-order valence-electron chi connectivity index (χ2n) is 3.32. The number of primary amides is 1. The molecular weight excluding hydrogens is 326 g/mol. The van der Waals surface area contributed by atoms with Gasteiger partial charge < -0.3 is 21.5 Å². The first kappa shape index (κ1) is 14.5. The van der Waals surface area contributed by atoms with Crippen molar-refractivity contribution < 1.29 is 19.5 Å². The van der Waals surface area contributed by atoms with Crippen molar-refractivity contribution in [2.45, 2.75) is 13.0 Å². The Morgan fingerprint density at radius 3 is 2.61 bits per heavy atom. The van der Waals surface area contributed by atoms with E-state index in [1.165, 1.54) is 13.0 Å². The summed E-state index contributed by atoms with van der Waals surface area (Å²) in [6.45, 7) is 1.38. The lowest BCUT2D eigenvalue weighted by Gasteiger charge is -2.11. The summed E-state index contributed by atoms with van der Waals surface area (Å²) in [6.07, 6.45) is -1.31. The van der Waals surface area contributed by atoms with Gasteiger partial charge in [0.15, 0.2) is 0 Å². The summed E-state index contributed by atoms with van der Waals surface area (Å²) in [5.41, 5.74) is 5.40. The van der Waals surface area contributed by atoms with Crippen LogP contribution in [0.5, 0.6) is 0 Å². The number of amides is 3. The minimum Gasteiger partial charge on any atom is -0.465 e. The largest absolute Gasteiger partial charge is 0.465 e. The van der Waals surface area contributed by atoms with Crippen LogP contribution in [0.1, 0.15) is 16.6 Å². The van der Waals surface area contributed by atoms with Gasteiger partial charge in [-0.25, -0.2) is 4.79 Å². The molecule has 98 valence electrons. The Hall–Kier alpha value is -1.61. The Balaban J connectivity index is 2.81. The lowest BCUT2D eigenvalue weighted by molar-refractivity contribution is -0.117. The molecule has 0 aromatic carbocycles. The van der Waals surface area contributed by atoms with Crippen LogP contribution in [-0.4, -0.2) is 29.1 Å². The van der Waals surface area contributed by atoms with Gasteiger partial charge in [-0.1, -0.05) is 0 Å². The van der Waals surface area contributed by atoms with Crippen molar-refractivity contribution in [3.05, 3.63) is 14.7 Å². The molecule has 1 aromatic rings. The van der Waals surface area contributed by atoms with E-state index in [0.717, 1.165) is 11.3 Å². The maximum Gasteiger partial charge on any atom is 0.405 e. The number of carbonyl (C=O) groups is 3. The first-order valence-corrected chi connectivity index (χ1v) is 6.31. The van der Waals surface area contributed by atoms with Crippen LogP contribution in [0.4, 0.5) is 10.5 Å². The molecule has 0 aliphatic heterocycles. The molecule has 0 radical (unpaired) electrons. The van der Waals surface area contributed by atoms with Crippen molar-refractivity contribution in [3.63, 3.8) is 0 Å². The Bertz CT molecular complexity index is 502. The van der Waals surface area contributed by atoms with E-state index < -0.39 is 23.9 Å². The average molecular weight is 336 g/mol. The molecule has 0 aliphatic rings. The molecule has 0 saturated heterocycles. The molecule has 7 nitrogen and oxygen atoms in total. The van der Waals surface area contributed by atoms with Gasteiger partial charge in [-0.3, -0.25) is 9.59 Å². The minimum atomic E-state index is -1.31. The predicted molar refractivity (Wildman–Crippen MR) is 69.8 cm³/mol. The van der Waals surface area contributed by atoms with Crippen molar-refractivity contribution in [2.24, 2.45) is 5.73 Å². The van der Waals surface area contributed by atoms with Crippen LogP contribution in [0, 0.1) is 0 Å². The molecule has 0 aliphatic carbocycles. The van der Waals surface area contributed by atoms with E-state index in [2.05, 4.69) is 21.2 Å². The molecule has 0 saturated carbocycles. The zero-order valence-electron chi connectivity index (χ0n) is 9.19. The molecule has 1 atom stereocenters. The van der Waals surface area contributed by atoms with Gasteiger partial charge in [0.1, 0.15) is 10.9 Å². The molecule has 1 rings (SSSR count). The number of halogens is 1. The molecule has 0 bridgehead atoms. The Kier molecular flexibility index (Phi) is 4.68. The van der Waals surface area contributed by atoms with Gasteiger partial charge in [-0.05, 0) is 28.9 Å². The average Bonchev–Trinajstić information content (AvgIpc) is 2.58. The number of anilines is 1. The molecule has 0 fully saturated rings. The fourth-order valence-corrected chi connectivity index (χ4v) is 2.54. The van der Waals surface area contributed by atoms with Gasteiger partial charge >= 0.3 is 6.09 Å². The van der Waals surface area contributed by atoms with E-state index in [1.807, 2.05) is 5.32 Å². The van der Waals surface area contributed by atoms with Gasteiger partial charge in [0.05, 0.1) is 9.47 Å². The number of rotatable bonds is 4. The molecule has 18 heavy (non-hydrogen) atoms. The van der Waals surface area contributed by atoms with E-state index in [0.29, 0.717) is 3.79 Å². The topological polar surface area (TPSA) is 122 Å². The first-order valence-electron chi connectivity index (χ1n) is 4.70. The third-order valence-corrected chi connectivity index (χ3v) is 3.57. The molecule has 1 unspecified atom stereocenters. The van der Waals surface area contributed by atoms with Gasteiger partial charge in [0.25, 0.3) is 5.91 Å². The van der Waals surface area contributed by atoms with Gasteiger partial charge in [0, 0.05) is 0 Å². The second-order valence-corrected chi connectivity index (χ2v) is 5.75. The molecule has 1 aromatic heterocycles. The summed E-state index contributed by atoms with van der Waals surface area (Å²) >= 11 is 4.25. The van der Waals surface area contributed by atoms with Gasteiger partial charge in [0.2, 0.25) is 5.91 Å². The van der Waals surface area contributed by atoms with Crippen LogP contribution < -0.4 is 16.4 Å². The highest BCUT2D eigenvalue weighted by Gasteiger charge is 2.19. The Morgan fingerprint density at radius 2 is 2.11 bits per heavy atom. The fourth-order valence-electron chi connectivity index (χ4n) is 1.13. The maximum absolute atomic E-state index is 11.6. The first-order chi connectivity index (χ1) is 8.31. The van der Waals surface area contributed by atoms with E-state index in [1.54, 1.807) is 0 Å². The number of nitrogens with two attached hydrogens (primary N) is 1. The van der Waals surface area contributed by atoms with Gasteiger partial charge in [-0.2, -0.15) is 0 Å². The third kappa shape index (κ3) is 3.70. The summed E-state index contributed by atoms with van der Waals surface area (Å²) in [4.78, 5) is 33.3. The molecular formula is C9H10BrN3O4S. The zero-order chi connectivity index (χ0) is 13.9. The van der Waals surface area contributed by atoms with Crippen LogP contribution in [-0.2, 0) is 4.79 Å². The summed E-state index contributed by atoms with van der Waals surface area (Å²) in [5.74, 6) is -1.25. The Morgan fingerprint density at radius 1 is 1.50 bits per heavy atom. The SMILES string of the molecule is CC(NC(=O)O)C(=O)Nc1cc(Br)sc1C(N)=O. The fraction of sp³-hybridized carbons (Fsp3) is 0.222. The number of thiophene rings is 1. The highest BCUT2D eigenvalue weighted by Crippen LogP contribution is 2.30. The van der Waals surface area contributed by atoms with Crippen molar-refractivity contribution in [3.8, 4) is 0 Å². The lowest BCUT2D eigenvalue weighted by Crippen LogP contribution is -2.41. The summed E-state index contributed by atoms with van der Waals surface area (Å²) < 4.78 is 0.630. The predicted octanol–water partition coefficient (Wildman–Crippen LogP) is 1.20. The number of hydrogen-bond donors (Lipinski definition) is 4. The van der Waals surface area contributed by atoms with Crippen LogP contribution >= 0.6 is 27.3 Å². The van der Waals surface area contributed by atoms with Crippen LogP contribution in [0.25, 0.3) is 0 Å². The molecule has 3 amide bonds. The highest BCUT2D eigenvalue weighted by molar-refractivity contribution is 9.11. The van der Waals surface area contributed by atoms with Crippen molar-refractivity contribution >= 4 is 50.9 Å². The van der Waals surface area contributed by atoms with E-state index in [9.17, 15) is 14.4 Å². The molecule has 5 N–H and O–H groups in total. The van der Waals surface area contributed by atoms with Crippen molar-refractivity contribution in [2.75, 3.05) is 5.32 Å². The minimum absolute atomic E-state index is 0.192. The monoisotopic (exact) mass is 335 g/mol. The zero-order valence-corrected chi connectivity index (χ0v) is 11.6. The summed E-state index contributed by atoms with van der Waals surface area (Å²) in [6, 6.07) is 0.581. The van der Waals surface area contributed by atoms with Gasteiger partial charge in [-0.15, -0.1) is 11.3 Å². The van der Waals surface area contributed by atoms with Crippen LogP contribution in [0.2, 0.25) is 0 Å². The molecule has 1 heterocycles. The highest BCUT2D eigenvalue weighted by atomic mass is 79.9. The number of hydrogen-bond acceptors (Lipinski definition) is 4. The Labute approximate surface area is 114 Å². The summed E-state index contributed by atoms with van der Waals surface area (Å²) in [7, 11) is 0. The number of carboxylic acid groups (broad SMARTS) is 1. The van der Waals surface area contributed by atoms with Crippen LogP contribution in [0.3, 0.4) is 0 Å². The van der Waals surface area contributed by atoms with Crippen LogP contribution in [0.15, 0.2) is 9.85 Å². The van der Waals surface area contributed by atoms with Crippen molar-refractivity contribution in [1.82, 2.24) is 5.32 Å². The normalized spacial score (nSPS) is 11.7. The smallest absolute Gasteiger partial charge is 0.405 e. The van der Waals surface area contributed by atoms with E-state index >= 15 is 0 Å². The number of nitrogens with one attached hydrogen (secondary N) is 2. The summed E-state index contributed by atoms with van der Waals surface area (Å²) in [5, 5.41) is 12.9. The second kappa shape index (κ2) is 5.83. The van der Waals surface area contributed by atoms with Crippen molar-refractivity contribution in [1.29, 1.82) is 0 Å². The third-order valence-electron chi connectivity index (χ3n) is 1.92. The van der Waals surface area contributed by atoms with E-state index in [4.69, 9.17) is 10.8 Å². The standard InChI is InChI=1S/C9H10BrN3O4S/c1-3(12-9(16)17)8(15)13-4-2-5(10)18-6(4)7(11)14/h2-3,12H,1H3,(H2,11,14)(H,13,15)(H,16,17). The molecule has 0 spiro atoms. The molecule has 9 heteroatoms. The maximum atomic E-state index is 11.6. The number of carbonyl (C=O) groups excluding carboxylic acids is 2.